The minimum atomic E-state index is -0.748. The molecule has 39 heavy (non-hydrogen) atoms. The third kappa shape index (κ3) is 6.50. The number of pyridine rings is 2. The zero-order valence-corrected chi connectivity index (χ0v) is 22.8. The minimum absolute atomic E-state index is 0.136. The van der Waals surface area contributed by atoms with E-state index in [0.29, 0.717) is 21.7 Å². The molecule has 5 rings (SSSR count). The van der Waals surface area contributed by atoms with Crippen LogP contribution in [0, 0.1) is 18.3 Å². The fraction of sp³-hybridized carbons (Fsp3) is 0.333. The van der Waals surface area contributed by atoms with Gasteiger partial charge in [-0.15, -0.1) is 26.8 Å². The Morgan fingerprint density at radius 1 is 0.974 bits per heavy atom. The molecule has 4 heterocycles. The molecule has 1 aliphatic carbocycles. The summed E-state index contributed by atoms with van der Waals surface area (Å²) in [5.41, 5.74) is 1.50. The summed E-state index contributed by atoms with van der Waals surface area (Å²) in [5, 5.41) is 25.4. The molecule has 0 spiro atoms. The van der Waals surface area contributed by atoms with Gasteiger partial charge in [-0.2, -0.15) is 0 Å². The molecule has 1 fully saturated rings. The van der Waals surface area contributed by atoms with Gasteiger partial charge in [-0.05, 0) is 55.4 Å². The van der Waals surface area contributed by atoms with Crippen molar-refractivity contribution >= 4 is 44.8 Å². The Balaban J connectivity index is 1.12. The number of anilines is 2. The number of nitrogens with zero attached hydrogens (tertiary/aromatic N) is 6. The monoisotopic (exact) mass is 558 g/mol. The molecule has 10 nitrogen and oxygen atoms in total. The van der Waals surface area contributed by atoms with Gasteiger partial charge in [-0.1, -0.05) is 40.7 Å². The van der Waals surface area contributed by atoms with Crippen molar-refractivity contribution < 1.29 is 9.59 Å². The van der Waals surface area contributed by atoms with E-state index in [1.54, 1.807) is 36.9 Å². The lowest BCUT2D eigenvalue weighted by Gasteiger charge is -2.10. The van der Waals surface area contributed by atoms with Crippen molar-refractivity contribution in [2.75, 3.05) is 10.6 Å². The van der Waals surface area contributed by atoms with Gasteiger partial charge in [0, 0.05) is 37.1 Å². The number of carbonyl (C=O) groups is 2. The molecule has 198 valence electrons. The molecular formula is C27H26N8O2S2. The van der Waals surface area contributed by atoms with E-state index in [4.69, 9.17) is 6.42 Å². The average molecular weight is 559 g/mol. The lowest BCUT2D eigenvalue weighted by atomic mass is 10.0. The van der Waals surface area contributed by atoms with E-state index in [2.05, 4.69) is 46.9 Å². The van der Waals surface area contributed by atoms with Crippen LogP contribution < -0.4 is 10.6 Å². The summed E-state index contributed by atoms with van der Waals surface area (Å²) in [4.78, 5) is 33.5. The van der Waals surface area contributed by atoms with Gasteiger partial charge in [0.1, 0.15) is 15.9 Å². The summed E-state index contributed by atoms with van der Waals surface area (Å²) < 4.78 is 0. The maximum atomic E-state index is 12.7. The summed E-state index contributed by atoms with van der Waals surface area (Å²) >= 11 is 2.79. The van der Waals surface area contributed by atoms with Crippen LogP contribution in [0.25, 0.3) is 0 Å². The van der Waals surface area contributed by atoms with Crippen molar-refractivity contribution in [1.82, 2.24) is 30.4 Å². The van der Waals surface area contributed by atoms with Crippen LogP contribution in [0.4, 0.5) is 10.3 Å². The highest BCUT2D eigenvalue weighted by atomic mass is 32.1. The number of nitrogens with one attached hydrogen (secondary N) is 2. The highest BCUT2D eigenvalue weighted by molar-refractivity contribution is 7.15. The van der Waals surface area contributed by atoms with E-state index in [9.17, 15) is 9.59 Å². The molecular weight excluding hydrogens is 532 g/mol. The standard InChI is InChI=1S/C27H26N8O2S2/c1-3-21(20-7-5-11-29-15-20)24(37)31-26-34-32-22(38-26)13-17-8-9-18(12-17)25-33-35-27(39-25)30-23(36)16(2)19-6-4-10-28-14-19/h1,4-7,10-11,14-18,21H,8-9,12-13H2,2H3,(H,30,35,36)(H,31,34,37)/t16-,17-,18+,21-/m0/s1. The second-order valence-corrected chi connectivity index (χ2v) is 11.5. The molecule has 1 saturated carbocycles. The topological polar surface area (TPSA) is 136 Å². The molecule has 2 N–H and O–H groups in total. The Labute approximate surface area is 233 Å². The van der Waals surface area contributed by atoms with E-state index in [1.165, 1.54) is 22.7 Å². The molecule has 0 bridgehead atoms. The average Bonchev–Trinajstić information content (AvgIpc) is 3.72. The first-order valence-corrected chi connectivity index (χ1v) is 14.2. The molecule has 0 saturated heterocycles. The van der Waals surface area contributed by atoms with E-state index in [-0.39, 0.29) is 23.7 Å². The van der Waals surface area contributed by atoms with Gasteiger partial charge < -0.3 is 5.32 Å². The van der Waals surface area contributed by atoms with Crippen LogP contribution in [-0.4, -0.2) is 42.2 Å². The zero-order chi connectivity index (χ0) is 27.2. The second kappa shape index (κ2) is 12.2. The summed E-state index contributed by atoms with van der Waals surface area (Å²) in [6.45, 7) is 1.84. The van der Waals surface area contributed by atoms with E-state index < -0.39 is 5.92 Å². The van der Waals surface area contributed by atoms with Crippen LogP contribution in [-0.2, 0) is 16.0 Å². The van der Waals surface area contributed by atoms with E-state index in [0.717, 1.165) is 41.3 Å². The maximum Gasteiger partial charge on any atom is 0.245 e. The quantitative estimate of drug-likeness (QED) is 0.289. The molecule has 2 amide bonds. The van der Waals surface area contributed by atoms with Crippen molar-refractivity contribution in [2.24, 2.45) is 5.92 Å². The zero-order valence-electron chi connectivity index (χ0n) is 21.2. The Morgan fingerprint density at radius 3 is 2.38 bits per heavy atom. The molecule has 0 radical (unpaired) electrons. The highest BCUT2D eigenvalue weighted by Crippen LogP contribution is 2.41. The highest BCUT2D eigenvalue weighted by Gasteiger charge is 2.30. The number of terminal acetylenes is 1. The molecule has 0 unspecified atom stereocenters. The predicted octanol–water partition coefficient (Wildman–Crippen LogP) is 4.40. The Bertz CT molecular complexity index is 1470. The van der Waals surface area contributed by atoms with Gasteiger partial charge in [0.2, 0.25) is 22.1 Å². The minimum Gasteiger partial charge on any atom is -0.300 e. The van der Waals surface area contributed by atoms with E-state index in [1.807, 2.05) is 19.1 Å². The molecule has 4 aromatic rings. The maximum absolute atomic E-state index is 12.7. The smallest absolute Gasteiger partial charge is 0.245 e. The Kier molecular flexibility index (Phi) is 8.29. The number of hydrogen-bond donors (Lipinski definition) is 2. The first kappa shape index (κ1) is 26.5. The fourth-order valence-electron chi connectivity index (χ4n) is 4.61. The van der Waals surface area contributed by atoms with Crippen LogP contribution in [0.5, 0.6) is 0 Å². The summed E-state index contributed by atoms with van der Waals surface area (Å²) in [6, 6.07) is 7.22. The van der Waals surface area contributed by atoms with Crippen LogP contribution in [0.15, 0.2) is 49.1 Å². The molecule has 1 aliphatic rings. The molecule has 4 atom stereocenters. The predicted molar refractivity (Wildman–Crippen MR) is 149 cm³/mol. The van der Waals surface area contributed by atoms with Gasteiger partial charge >= 0.3 is 0 Å². The first-order valence-electron chi connectivity index (χ1n) is 12.5. The van der Waals surface area contributed by atoms with Crippen LogP contribution in [0.2, 0.25) is 0 Å². The molecule has 0 aliphatic heterocycles. The SMILES string of the molecule is C#C[C@H](C(=O)Nc1nnc(C[C@H]2CC[C@@H](c3nnc(NC(=O)[C@@H](C)c4cccnc4)s3)C2)s1)c1cccnc1. The molecule has 0 aromatic carbocycles. The van der Waals surface area contributed by atoms with Crippen molar-refractivity contribution in [2.45, 2.75) is 50.4 Å². The van der Waals surface area contributed by atoms with Crippen molar-refractivity contribution in [3.8, 4) is 12.3 Å². The van der Waals surface area contributed by atoms with Gasteiger partial charge in [0.25, 0.3) is 0 Å². The van der Waals surface area contributed by atoms with Crippen LogP contribution in [0.3, 0.4) is 0 Å². The fourth-order valence-corrected chi connectivity index (χ4v) is 6.36. The van der Waals surface area contributed by atoms with Crippen molar-refractivity contribution in [3.05, 3.63) is 70.2 Å². The third-order valence-electron chi connectivity index (χ3n) is 6.75. The Morgan fingerprint density at radius 2 is 1.67 bits per heavy atom. The summed E-state index contributed by atoms with van der Waals surface area (Å²) in [6.07, 6.45) is 15.9. The summed E-state index contributed by atoms with van der Waals surface area (Å²) in [5.74, 6) is 1.68. The number of hydrogen-bond acceptors (Lipinski definition) is 10. The number of amides is 2. The van der Waals surface area contributed by atoms with Gasteiger partial charge in [-0.3, -0.25) is 24.9 Å². The van der Waals surface area contributed by atoms with Gasteiger partial charge in [0.05, 0.1) is 5.92 Å². The van der Waals surface area contributed by atoms with Crippen LogP contribution >= 0.6 is 22.7 Å². The van der Waals surface area contributed by atoms with Crippen molar-refractivity contribution in [3.63, 3.8) is 0 Å². The Hall–Kier alpha value is -4.08. The van der Waals surface area contributed by atoms with Crippen molar-refractivity contribution in [1.29, 1.82) is 0 Å². The second-order valence-electron chi connectivity index (χ2n) is 9.40. The molecule has 4 aromatic heterocycles. The summed E-state index contributed by atoms with van der Waals surface area (Å²) in [7, 11) is 0. The van der Waals surface area contributed by atoms with Crippen LogP contribution in [0.1, 0.15) is 65.1 Å². The van der Waals surface area contributed by atoms with Gasteiger partial charge in [0.15, 0.2) is 0 Å². The third-order valence-corrected chi connectivity index (χ3v) is 8.61. The molecule has 12 heteroatoms. The number of rotatable bonds is 9. The lowest BCUT2D eigenvalue weighted by Crippen LogP contribution is -2.20. The first-order chi connectivity index (χ1) is 19.0. The largest absolute Gasteiger partial charge is 0.300 e. The number of aromatic nitrogens is 6. The lowest BCUT2D eigenvalue weighted by molar-refractivity contribution is -0.117. The number of carbonyl (C=O) groups excluding carboxylic acids is 2. The van der Waals surface area contributed by atoms with E-state index >= 15 is 0 Å². The van der Waals surface area contributed by atoms with Gasteiger partial charge in [-0.25, -0.2) is 0 Å². The normalized spacial score (nSPS) is 18.2.